The van der Waals surface area contributed by atoms with E-state index in [0.29, 0.717) is 16.0 Å². The summed E-state index contributed by atoms with van der Waals surface area (Å²) in [5.74, 6) is 0. The molecule has 0 bridgehead atoms. The first-order valence-corrected chi connectivity index (χ1v) is 7.75. The lowest BCUT2D eigenvalue weighted by atomic mass is 10.1. The van der Waals surface area contributed by atoms with E-state index >= 15 is 0 Å². The van der Waals surface area contributed by atoms with Crippen molar-refractivity contribution in [1.82, 2.24) is 9.97 Å². The van der Waals surface area contributed by atoms with Gasteiger partial charge in [0.05, 0.1) is 5.69 Å². The first kappa shape index (κ1) is 13.5. The van der Waals surface area contributed by atoms with E-state index in [0.717, 1.165) is 11.3 Å². The van der Waals surface area contributed by atoms with Gasteiger partial charge in [-0.15, -0.1) is 22.7 Å². The number of hydrogen-bond donors (Lipinski definition) is 3. The number of nitrogens with two attached hydrogens (primary N) is 1. The van der Waals surface area contributed by atoms with Gasteiger partial charge in [-0.05, 0) is 12.1 Å². The molecule has 21 heavy (non-hydrogen) atoms. The Bertz CT molecular complexity index is 736. The average Bonchev–Trinajstić information content (AvgIpc) is 3.11. The van der Waals surface area contributed by atoms with E-state index in [1.807, 2.05) is 29.6 Å². The van der Waals surface area contributed by atoms with Crippen LogP contribution in [0.1, 0.15) is 0 Å². The molecule has 0 radical (unpaired) electrons. The van der Waals surface area contributed by atoms with Gasteiger partial charge in [-0.1, -0.05) is 12.1 Å². The summed E-state index contributed by atoms with van der Waals surface area (Å²) in [5, 5.41) is 10.2. The fourth-order valence-corrected chi connectivity index (χ4v) is 2.79. The monoisotopic (exact) mass is 317 g/mol. The van der Waals surface area contributed by atoms with Crippen LogP contribution in [0.25, 0.3) is 11.3 Å². The van der Waals surface area contributed by atoms with E-state index in [1.165, 1.54) is 22.7 Å². The molecule has 0 spiro atoms. The van der Waals surface area contributed by atoms with Crippen LogP contribution >= 0.6 is 22.7 Å². The summed E-state index contributed by atoms with van der Waals surface area (Å²) in [6, 6.07) is 7.06. The predicted molar refractivity (Wildman–Crippen MR) is 86.7 cm³/mol. The molecule has 0 fully saturated rings. The fourth-order valence-electron chi connectivity index (χ4n) is 1.69. The molecule has 0 aliphatic rings. The molecule has 3 rings (SSSR count). The van der Waals surface area contributed by atoms with Crippen LogP contribution in [-0.4, -0.2) is 16.0 Å². The third kappa shape index (κ3) is 3.36. The Morgan fingerprint density at radius 2 is 1.95 bits per heavy atom. The first-order chi connectivity index (χ1) is 10.2. The smallest absolute Gasteiger partial charge is 0.325 e. The van der Waals surface area contributed by atoms with Crippen molar-refractivity contribution >= 4 is 44.7 Å². The highest BCUT2D eigenvalue weighted by molar-refractivity contribution is 7.14. The summed E-state index contributed by atoms with van der Waals surface area (Å²) in [6.45, 7) is 0. The molecule has 4 N–H and O–H groups in total. The first-order valence-electron chi connectivity index (χ1n) is 5.99. The zero-order valence-corrected chi connectivity index (χ0v) is 12.4. The quantitative estimate of drug-likeness (QED) is 0.689. The number of amides is 2. The van der Waals surface area contributed by atoms with Gasteiger partial charge < -0.3 is 11.1 Å². The lowest BCUT2D eigenvalue weighted by molar-refractivity contribution is 0.262. The van der Waals surface area contributed by atoms with Crippen molar-refractivity contribution in [2.75, 3.05) is 16.4 Å². The van der Waals surface area contributed by atoms with Crippen molar-refractivity contribution in [1.29, 1.82) is 0 Å². The number of nitrogens with zero attached hydrogens (tertiary/aromatic N) is 2. The number of nitrogens with one attached hydrogen (secondary N) is 2. The van der Waals surface area contributed by atoms with Crippen LogP contribution in [0.5, 0.6) is 0 Å². The summed E-state index contributed by atoms with van der Waals surface area (Å²) in [7, 11) is 0. The fraction of sp³-hybridized carbons (Fsp3) is 0. The van der Waals surface area contributed by atoms with Crippen molar-refractivity contribution in [2.24, 2.45) is 0 Å². The zero-order valence-electron chi connectivity index (χ0n) is 10.7. The number of thiazole rings is 2. The topological polar surface area (TPSA) is 92.9 Å². The second-order valence-electron chi connectivity index (χ2n) is 4.06. The van der Waals surface area contributed by atoms with Gasteiger partial charge in [0.15, 0.2) is 10.3 Å². The Labute approximate surface area is 128 Å². The van der Waals surface area contributed by atoms with E-state index in [2.05, 4.69) is 20.6 Å². The minimum Gasteiger partial charge on any atom is -0.375 e. The molecule has 0 atom stereocenters. The molecule has 2 heterocycles. The largest absolute Gasteiger partial charge is 0.375 e. The highest BCUT2D eigenvalue weighted by Gasteiger charge is 2.06. The highest BCUT2D eigenvalue weighted by Crippen LogP contribution is 2.24. The van der Waals surface area contributed by atoms with Gasteiger partial charge >= 0.3 is 6.03 Å². The van der Waals surface area contributed by atoms with Crippen LogP contribution in [0.3, 0.4) is 0 Å². The molecule has 0 saturated carbocycles. The molecule has 106 valence electrons. The number of aromatic nitrogens is 2. The van der Waals surface area contributed by atoms with Crippen molar-refractivity contribution in [3.63, 3.8) is 0 Å². The normalized spacial score (nSPS) is 10.3. The van der Waals surface area contributed by atoms with Gasteiger partial charge in [0.2, 0.25) is 0 Å². The number of benzene rings is 1. The molecule has 0 aliphatic carbocycles. The molecule has 0 aliphatic heterocycles. The summed E-state index contributed by atoms with van der Waals surface area (Å²) >= 11 is 2.76. The third-order valence-electron chi connectivity index (χ3n) is 2.61. The summed E-state index contributed by atoms with van der Waals surface area (Å²) in [4.78, 5) is 19.9. The van der Waals surface area contributed by atoms with E-state index in [4.69, 9.17) is 5.73 Å². The lowest BCUT2D eigenvalue weighted by Crippen LogP contribution is -2.19. The summed E-state index contributed by atoms with van der Waals surface area (Å²) < 4.78 is 0. The van der Waals surface area contributed by atoms with Crippen LogP contribution in [0.15, 0.2) is 41.2 Å². The number of carbonyl (C=O) groups excluding carboxylic acids is 1. The van der Waals surface area contributed by atoms with E-state index in [9.17, 15) is 4.79 Å². The number of rotatable bonds is 3. The minimum absolute atomic E-state index is 0.324. The molecule has 8 heteroatoms. The van der Waals surface area contributed by atoms with Crippen molar-refractivity contribution in [3.8, 4) is 11.3 Å². The highest BCUT2D eigenvalue weighted by atomic mass is 32.1. The Kier molecular flexibility index (Phi) is 3.80. The van der Waals surface area contributed by atoms with Crippen LogP contribution < -0.4 is 16.4 Å². The molecular weight excluding hydrogens is 306 g/mol. The van der Waals surface area contributed by atoms with Gasteiger partial charge in [-0.3, -0.25) is 5.32 Å². The zero-order chi connectivity index (χ0) is 14.7. The molecule has 6 nitrogen and oxygen atoms in total. The van der Waals surface area contributed by atoms with Gasteiger partial charge in [-0.2, -0.15) is 0 Å². The molecule has 0 saturated heterocycles. The van der Waals surface area contributed by atoms with Crippen molar-refractivity contribution in [3.05, 3.63) is 41.2 Å². The number of nitrogen functional groups attached to an aromatic ring is 1. The number of hydrogen-bond acceptors (Lipinski definition) is 6. The van der Waals surface area contributed by atoms with Gasteiger partial charge in [0.1, 0.15) is 0 Å². The maximum atomic E-state index is 11.8. The van der Waals surface area contributed by atoms with Gasteiger partial charge in [0, 0.05) is 28.2 Å². The molecular formula is C13H11N5OS2. The standard InChI is InChI=1S/C13H11N5OS2/c14-11-17-10(7-21-11)8-1-3-9(4-2-8)16-12(19)18-13-15-5-6-20-13/h1-7H,(H2,14,17)(H2,15,16,18,19). The van der Waals surface area contributed by atoms with E-state index in [-0.39, 0.29) is 6.03 Å². The van der Waals surface area contributed by atoms with Crippen LogP contribution in [0.2, 0.25) is 0 Å². The molecule has 2 aromatic heterocycles. The Balaban J connectivity index is 1.65. The predicted octanol–water partition coefficient (Wildman–Crippen LogP) is 3.49. The number of urea groups is 1. The van der Waals surface area contributed by atoms with Gasteiger partial charge in [-0.25, -0.2) is 14.8 Å². The number of carbonyl (C=O) groups is 1. The van der Waals surface area contributed by atoms with Crippen LogP contribution in [0, 0.1) is 0 Å². The maximum Gasteiger partial charge on any atom is 0.325 e. The average molecular weight is 317 g/mol. The summed E-state index contributed by atoms with van der Waals surface area (Å²) in [5.41, 5.74) is 8.09. The summed E-state index contributed by atoms with van der Waals surface area (Å²) in [6.07, 6.45) is 1.63. The molecule has 1 aromatic carbocycles. The van der Waals surface area contributed by atoms with Crippen molar-refractivity contribution in [2.45, 2.75) is 0 Å². The van der Waals surface area contributed by atoms with Crippen LogP contribution in [-0.2, 0) is 0 Å². The van der Waals surface area contributed by atoms with E-state index in [1.54, 1.807) is 11.6 Å². The van der Waals surface area contributed by atoms with E-state index < -0.39 is 0 Å². The van der Waals surface area contributed by atoms with Crippen molar-refractivity contribution < 1.29 is 4.79 Å². The molecule has 2 amide bonds. The Hall–Kier alpha value is -2.45. The maximum absolute atomic E-state index is 11.8. The molecule has 0 unspecified atom stereocenters. The molecule has 3 aromatic rings. The minimum atomic E-state index is -0.324. The Morgan fingerprint density at radius 1 is 1.14 bits per heavy atom. The third-order valence-corrected chi connectivity index (χ3v) is 3.98. The lowest BCUT2D eigenvalue weighted by Gasteiger charge is -2.06. The van der Waals surface area contributed by atoms with Crippen LogP contribution in [0.4, 0.5) is 20.7 Å². The number of anilines is 3. The Morgan fingerprint density at radius 3 is 2.57 bits per heavy atom. The second kappa shape index (κ2) is 5.90. The second-order valence-corrected chi connectivity index (χ2v) is 5.85. The SMILES string of the molecule is Nc1nc(-c2ccc(NC(=O)Nc3nccs3)cc2)cs1. The van der Waals surface area contributed by atoms with Gasteiger partial charge in [0.25, 0.3) is 0 Å².